The lowest BCUT2D eigenvalue weighted by molar-refractivity contribution is 0.0997. The van der Waals surface area contributed by atoms with Gasteiger partial charge in [0.05, 0.1) is 5.02 Å². The van der Waals surface area contributed by atoms with Gasteiger partial charge < -0.3 is 9.64 Å². The number of nitrogens with zero attached hydrogens (tertiary/aromatic N) is 3. The standard InChI is InChI=1S/C20H32ClN3O/c1-18-6-8-22(9-7-18)10-11-23-12-14-24(15-13-23)16-17-25-20-5-3-2-4-19(20)21/h2-5,18H,6-17H2,1H3. The number of rotatable bonds is 7. The number of piperazine rings is 1. The molecule has 0 unspecified atom stereocenters. The lowest BCUT2D eigenvalue weighted by atomic mass is 9.99. The van der Waals surface area contributed by atoms with Crippen LogP contribution in [0.3, 0.4) is 0 Å². The molecule has 0 N–H and O–H groups in total. The van der Waals surface area contributed by atoms with Gasteiger partial charge in [0.2, 0.25) is 0 Å². The van der Waals surface area contributed by atoms with Crippen LogP contribution in [0.2, 0.25) is 5.02 Å². The molecule has 0 atom stereocenters. The summed E-state index contributed by atoms with van der Waals surface area (Å²) in [5.41, 5.74) is 0. The fourth-order valence-corrected chi connectivity index (χ4v) is 3.84. The van der Waals surface area contributed by atoms with Gasteiger partial charge in [-0.3, -0.25) is 9.80 Å². The number of hydrogen-bond acceptors (Lipinski definition) is 4. The molecule has 0 aliphatic carbocycles. The van der Waals surface area contributed by atoms with E-state index in [0.717, 1.165) is 31.3 Å². The monoisotopic (exact) mass is 365 g/mol. The SMILES string of the molecule is CC1CCN(CCN2CCN(CCOc3ccccc3Cl)CC2)CC1. The molecule has 1 aromatic carbocycles. The van der Waals surface area contributed by atoms with Crippen molar-refractivity contribution in [2.75, 3.05) is 65.5 Å². The molecule has 0 aromatic heterocycles. The number of ether oxygens (including phenoxy) is 1. The van der Waals surface area contributed by atoms with E-state index < -0.39 is 0 Å². The largest absolute Gasteiger partial charge is 0.491 e. The molecular formula is C20H32ClN3O. The molecule has 0 saturated carbocycles. The number of para-hydroxylation sites is 1. The first-order valence-electron chi connectivity index (χ1n) is 9.75. The van der Waals surface area contributed by atoms with Crippen LogP contribution in [0.5, 0.6) is 5.75 Å². The Labute approximate surface area is 157 Å². The van der Waals surface area contributed by atoms with E-state index in [1.165, 1.54) is 52.1 Å². The van der Waals surface area contributed by atoms with E-state index in [2.05, 4.69) is 21.6 Å². The van der Waals surface area contributed by atoms with Crippen molar-refractivity contribution in [1.29, 1.82) is 0 Å². The van der Waals surface area contributed by atoms with Crippen LogP contribution in [0.1, 0.15) is 19.8 Å². The van der Waals surface area contributed by atoms with E-state index in [1.807, 2.05) is 24.3 Å². The van der Waals surface area contributed by atoms with E-state index in [1.54, 1.807) is 0 Å². The number of piperidine rings is 1. The molecule has 2 heterocycles. The molecule has 0 amide bonds. The molecule has 140 valence electrons. The molecule has 0 spiro atoms. The summed E-state index contributed by atoms with van der Waals surface area (Å²) in [7, 11) is 0. The smallest absolute Gasteiger partial charge is 0.137 e. The third-order valence-electron chi connectivity index (χ3n) is 5.58. The van der Waals surface area contributed by atoms with E-state index in [4.69, 9.17) is 16.3 Å². The number of hydrogen-bond donors (Lipinski definition) is 0. The van der Waals surface area contributed by atoms with E-state index >= 15 is 0 Å². The highest BCUT2D eigenvalue weighted by Crippen LogP contribution is 2.23. The summed E-state index contributed by atoms with van der Waals surface area (Å²) in [6, 6.07) is 7.70. The van der Waals surface area contributed by atoms with Gasteiger partial charge in [-0.15, -0.1) is 0 Å². The third kappa shape index (κ3) is 6.14. The molecule has 2 fully saturated rings. The van der Waals surface area contributed by atoms with Gasteiger partial charge in [0.1, 0.15) is 12.4 Å². The van der Waals surface area contributed by atoms with Crippen LogP contribution in [0.4, 0.5) is 0 Å². The second-order valence-corrected chi connectivity index (χ2v) is 7.89. The summed E-state index contributed by atoms with van der Waals surface area (Å²) in [4.78, 5) is 7.75. The summed E-state index contributed by atoms with van der Waals surface area (Å²) in [5.74, 6) is 1.71. The normalized spacial score (nSPS) is 21.5. The van der Waals surface area contributed by atoms with Gasteiger partial charge in [0.25, 0.3) is 0 Å². The van der Waals surface area contributed by atoms with Gasteiger partial charge in [0.15, 0.2) is 0 Å². The Morgan fingerprint density at radius 3 is 2.08 bits per heavy atom. The number of likely N-dealkylation sites (tertiary alicyclic amines) is 1. The van der Waals surface area contributed by atoms with Crippen molar-refractivity contribution in [2.24, 2.45) is 5.92 Å². The first-order valence-corrected chi connectivity index (χ1v) is 10.1. The molecule has 1 aromatic rings. The van der Waals surface area contributed by atoms with Gasteiger partial charge in [0, 0.05) is 45.8 Å². The van der Waals surface area contributed by atoms with Crippen LogP contribution in [0, 0.1) is 5.92 Å². The zero-order valence-electron chi connectivity index (χ0n) is 15.5. The second-order valence-electron chi connectivity index (χ2n) is 7.49. The van der Waals surface area contributed by atoms with E-state index in [-0.39, 0.29) is 0 Å². The van der Waals surface area contributed by atoms with Crippen molar-refractivity contribution >= 4 is 11.6 Å². The number of benzene rings is 1. The summed E-state index contributed by atoms with van der Waals surface area (Å²) in [6.45, 7) is 13.7. The quantitative estimate of drug-likeness (QED) is 0.739. The zero-order chi connectivity index (χ0) is 17.5. The van der Waals surface area contributed by atoms with Gasteiger partial charge in [-0.2, -0.15) is 0 Å². The molecule has 0 bridgehead atoms. The predicted molar refractivity (Wildman–Crippen MR) is 105 cm³/mol. The van der Waals surface area contributed by atoms with Crippen LogP contribution in [0.25, 0.3) is 0 Å². The van der Waals surface area contributed by atoms with Crippen molar-refractivity contribution < 1.29 is 4.74 Å². The Bertz CT molecular complexity index is 511. The summed E-state index contributed by atoms with van der Waals surface area (Å²) >= 11 is 6.12. The van der Waals surface area contributed by atoms with Crippen LogP contribution >= 0.6 is 11.6 Å². The summed E-state index contributed by atoms with van der Waals surface area (Å²) < 4.78 is 5.81. The summed E-state index contributed by atoms with van der Waals surface area (Å²) in [6.07, 6.45) is 2.75. The lowest BCUT2D eigenvalue weighted by Gasteiger charge is -2.37. The van der Waals surface area contributed by atoms with Gasteiger partial charge in [-0.05, 0) is 44.0 Å². The average molecular weight is 366 g/mol. The minimum absolute atomic E-state index is 0.694. The molecule has 5 heteroatoms. The highest BCUT2D eigenvalue weighted by atomic mass is 35.5. The minimum Gasteiger partial charge on any atom is -0.491 e. The highest BCUT2D eigenvalue weighted by Gasteiger charge is 2.19. The fraction of sp³-hybridized carbons (Fsp3) is 0.700. The first-order chi connectivity index (χ1) is 12.2. The molecule has 2 aliphatic rings. The molecule has 0 radical (unpaired) electrons. The maximum absolute atomic E-state index is 6.12. The fourth-order valence-electron chi connectivity index (χ4n) is 3.65. The van der Waals surface area contributed by atoms with E-state index in [9.17, 15) is 0 Å². The van der Waals surface area contributed by atoms with Crippen molar-refractivity contribution in [3.63, 3.8) is 0 Å². The topological polar surface area (TPSA) is 19.0 Å². The Hall–Kier alpha value is -0.810. The molecule has 3 rings (SSSR count). The minimum atomic E-state index is 0.694. The average Bonchev–Trinajstić information content (AvgIpc) is 2.64. The van der Waals surface area contributed by atoms with Crippen molar-refractivity contribution in [1.82, 2.24) is 14.7 Å². The molecular weight excluding hydrogens is 334 g/mol. The van der Waals surface area contributed by atoms with Crippen LogP contribution in [-0.4, -0.2) is 80.2 Å². The Balaban J connectivity index is 1.28. The summed E-state index contributed by atoms with van der Waals surface area (Å²) in [5, 5.41) is 0.694. The zero-order valence-corrected chi connectivity index (χ0v) is 16.3. The molecule has 2 aliphatic heterocycles. The maximum Gasteiger partial charge on any atom is 0.137 e. The van der Waals surface area contributed by atoms with Crippen molar-refractivity contribution in [3.05, 3.63) is 29.3 Å². The van der Waals surface area contributed by atoms with Crippen LogP contribution < -0.4 is 4.74 Å². The predicted octanol–water partition coefficient (Wildman–Crippen LogP) is 3.07. The van der Waals surface area contributed by atoms with Gasteiger partial charge >= 0.3 is 0 Å². The first kappa shape index (κ1) is 19.0. The van der Waals surface area contributed by atoms with Crippen LogP contribution in [0.15, 0.2) is 24.3 Å². The van der Waals surface area contributed by atoms with E-state index in [0.29, 0.717) is 11.6 Å². The Morgan fingerprint density at radius 1 is 0.880 bits per heavy atom. The Morgan fingerprint density at radius 2 is 1.44 bits per heavy atom. The number of halogens is 1. The molecule has 2 saturated heterocycles. The molecule has 4 nitrogen and oxygen atoms in total. The maximum atomic E-state index is 6.12. The molecule has 25 heavy (non-hydrogen) atoms. The third-order valence-corrected chi connectivity index (χ3v) is 5.89. The Kier molecular flexibility index (Phi) is 7.41. The lowest BCUT2D eigenvalue weighted by Crippen LogP contribution is -2.49. The van der Waals surface area contributed by atoms with Crippen LogP contribution in [-0.2, 0) is 0 Å². The van der Waals surface area contributed by atoms with Crippen molar-refractivity contribution in [3.8, 4) is 5.75 Å². The highest BCUT2D eigenvalue weighted by molar-refractivity contribution is 6.32. The van der Waals surface area contributed by atoms with Gasteiger partial charge in [-0.25, -0.2) is 0 Å². The van der Waals surface area contributed by atoms with Crippen molar-refractivity contribution in [2.45, 2.75) is 19.8 Å². The second kappa shape index (κ2) is 9.77. The van der Waals surface area contributed by atoms with Gasteiger partial charge in [-0.1, -0.05) is 30.7 Å².